The van der Waals surface area contributed by atoms with E-state index in [9.17, 15) is 9.59 Å². The monoisotopic (exact) mass is 306 g/mol. The smallest absolute Gasteiger partial charge is 0.315 e. The third-order valence-corrected chi connectivity index (χ3v) is 4.22. The van der Waals surface area contributed by atoms with Gasteiger partial charge in [0, 0.05) is 44.0 Å². The molecule has 2 rings (SSSR count). The summed E-state index contributed by atoms with van der Waals surface area (Å²) >= 11 is 0. The molecule has 1 aromatic rings. The number of pyridine rings is 1. The molecule has 1 unspecified atom stereocenters. The van der Waals surface area contributed by atoms with Crippen LogP contribution in [0.15, 0.2) is 16.9 Å². The van der Waals surface area contributed by atoms with Gasteiger partial charge in [0.1, 0.15) is 0 Å². The van der Waals surface area contributed by atoms with Crippen LogP contribution in [-0.4, -0.2) is 41.2 Å². The summed E-state index contributed by atoms with van der Waals surface area (Å²) in [5.41, 5.74) is 1.44. The average molecular weight is 306 g/mol. The molecule has 6 heteroatoms. The van der Waals surface area contributed by atoms with E-state index in [2.05, 4.69) is 22.5 Å². The van der Waals surface area contributed by atoms with E-state index in [4.69, 9.17) is 0 Å². The molecule has 1 fully saturated rings. The van der Waals surface area contributed by atoms with E-state index in [1.165, 1.54) is 0 Å². The van der Waals surface area contributed by atoms with Gasteiger partial charge in [0.15, 0.2) is 0 Å². The molecule has 1 aromatic heterocycles. The van der Waals surface area contributed by atoms with Crippen LogP contribution in [0, 0.1) is 6.92 Å². The number of hydrogen-bond donors (Lipinski definition) is 2. The number of nitrogens with one attached hydrogen (secondary N) is 2. The maximum Gasteiger partial charge on any atom is 0.315 e. The van der Waals surface area contributed by atoms with Crippen molar-refractivity contribution in [1.82, 2.24) is 20.1 Å². The molecule has 6 nitrogen and oxygen atoms in total. The number of likely N-dealkylation sites (tertiary alicyclic amines) is 1. The first-order valence-corrected chi connectivity index (χ1v) is 7.93. The Morgan fingerprint density at radius 3 is 2.91 bits per heavy atom. The van der Waals surface area contributed by atoms with Gasteiger partial charge in [-0.3, -0.25) is 4.79 Å². The zero-order valence-corrected chi connectivity index (χ0v) is 13.7. The minimum absolute atomic E-state index is 0.0599. The summed E-state index contributed by atoms with van der Waals surface area (Å²) in [6.07, 6.45) is 2.12. The fraction of sp³-hybridized carbons (Fsp3) is 0.625. The second-order valence-electron chi connectivity index (χ2n) is 5.98. The molecular weight excluding hydrogens is 280 g/mol. The van der Waals surface area contributed by atoms with Crippen molar-refractivity contribution in [1.29, 1.82) is 0 Å². The zero-order chi connectivity index (χ0) is 16.1. The number of aromatic nitrogens is 1. The molecule has 1 aliphatic rings. The van der Waals surface area contributed by atoms with Crippen LogP contribution in [0.2, 0.25) is 0 Å². The van der Waals surface area contributed by atoms with Gasteiger partial charge in [-0.15, -0.1) is 0 Å². The fourth-order valence-corrected chi connectivity index (χ4v) is 2.80. The Morgan fingerprint density at radius 2 is 2.18 bits per heavy atom. The van der Waals surface area contributed by atoms with Crippen molar-refractivity contribution in [2.24, 2.45) is 7.05 Å². The van der Waals surface area contributed by atoms with Gasteiger partial charge in [-0.2, -0.15) is 0 Å². The molecule has 2 heterocycles. The first-order chi connectivity index (χ1) is 10.5. The van der Waals surface area contributed by atoms with Crippen LogP contribution < -0.4 is 16.2 Å². The van der Waals surface area contributed by atoms with E-state index in [0.29, 0.717) is 5.56 Å². The van der Waals surface area contributed by atoms with Crippen molar-refractivity contribution < 1.29 is 4.79 Å². The van der Waals surface area contributed by atoms with E-state index >= 15 is 0 Å². The van der Waals surface area contributed by atoms with Crippen LogP contribution in [0.25, 0.3) is 0 Å². The van der Waals surface area contributed by atoms with Crippen LogP contribution in [0.4, 0.5) is 4.79 Å². The quantitative estimate of drug-likeness (QED) is 0.852. The summed E-state index contributed by atoms with van der Waals surface area (Å²) in [5.74, 6) is 0. The van der Waals surface area contributed by atoms with Crippen LogP contribution in [0.1, 0.15) is 31.0 Å². The third kappa shape index (κ3) is 4.10. The van der Waals surface area contributed by atoms with Gasteiger partial charge in [0.2, 0.25) is 0 Å². The Morgan fingerprint density at radius 1 is 1.41 bits per heavy atom. The van der Waals surface area contributed by atoms with Crippen molar-refractivity contribution in [2.45, 2.75) is 39.3 Å². The van der Waals surface area contributed by atoms with Crippen molar-refractivity contribution in [3.8, 4) is 0 Å². The highest BCUT2D eigenvalue weighted by Crippen LogP contribution is 2.09. The van der Waals surface area contributed by atoms with Gasteiger partial charge in [0.05, 0.1) is 0 Å². The number of hydrogen-bond acceptors (Lipinski definition) is 3. The van der Waals surface area contributed by atoms with Crippen LogP contribution >= 0.6 is 0 Å². The number of carbonyl (C=O) groups is 1. The largest absolute Gasteiger partial charge is 0.334 e. The molecule has 2 N–H and O–H groups in total. The van der Waals surface area contributed by atoms with Gasteiger partial charge < -0.3 is 20.1 Å². The molecule has 0 radical (unpaired) electrons. The van der Waals surface area contributed by atoms with Crippen LogP contribution in [0.5, 0.6) is 0 Å². The van der Waals surface area contributed by atoms with E-state index in [1.807, 2.05) is 13.0 Å². The normalized spacial score (nSPS) is 18.4. The van der Waals surface area contributed by atoms with E-state index in [0.717, 1.165) is 38.2 Å². The van der Waals surface area contributed by atoms with Crippen molar-refractivity contribution >= 4 is 6.03 Å². The Balaban J connectivity index is 1.81. The Kier molecular flexibility index (Phi) is 5.60. The Bertz CT molecular complexity index is 582. The predicted molar refractivity (Wildman–Crippen MR) is 86.9 cm³/mol. The lowest BCUT2D eigenvalue weighted by Gasteiger charge is -2.16. The standard InChI is InChI=1S/C16H26N4O2/c1-4-8-20-9-7-14(11-20)18-16(22)17-10-13-6-5-12(2)19(3)15(13)21/h5-6,14H,4,7-11H2,1-3H3,(H2,17,18,22). The molecule has 2 amide bonds. The number of rotatable bonds is 5. The van der Waals surface area contributed by atoms with E-state index in [1.54, 1.807) is 17.7 Å². The molecule has 0 spiro atoms. The molecule has 0 bridgehead atoms. The lowest BCUT2D eigenvalue weighted by atomic mass is 10.2. The second kappa shape index (κ2) is 7.45. The fourth-order valence-electron chi connectivity index (χ4n) is 2.80. The highest BCUT2D eigenvalue weighted by Gasteiger charge is 2.22. The first-order valence-electron chi connectivity index (χ1n) is 7.93. The van der Waals surface area contributed by atoms with Gasteiger partial charge in [-0.05, 0) is 32.4 Å². The molecule has 0 saturated carbocycles. The molecule has 22 heavy (non-hydrogen) atoms. The van der Waals surface area contributed by atoms with Crippen LogP contribution in [-0.2, 0) is 13.6 Å². The molecule has 0 aromatic carbocycles. The van der Waals surface area contributed by atoms with Crippen LogP contribution in [0.3, 0.4) is 0 Å². The second-order valence-corrected chi connectivity index (χ2v) is 5.98. The summed E-state index contributed by atoms with van der Waals surface area (Å²) in [6.45, 7) is 7.33. The maximum absolute atomic E-state index is 12.0. The van der Waals surface area contributed by atoms with Gasteiger partial charge in [-0.1, -0.05) is 13.0 Å². The van der Waals surface area contributed by atoms with E-state index in [-0.39, 0.29) is 24.2 Å². The molecule has 122 valence electrons. The summed E-state index contributed by atoms with van der Waals surface area (Å²) in [7, 11) is 1.74. The minimum Gasteiger partial charge on any atom is -0.334 e. The Labute approximate surface area is 131 Å². The number of nitrogens with zero attached hydrogens (tertiary/aromatic N) is 2. The molecule has 1 aliphatic heterocycles. The van der Waals surface area contributed by atoms with Crippen molar-refractivity contribution in [2.75, 3.05) is 19.6 Å². The zero-order valence-electron chi connectivity index (χ0n) is 13.7. The average Bonchev–Trinajstić information content (AvgIpc) is 2.91. The minimum atomic E-state index is -0.203. The summed E-state index contributed by atoms with van der Waals surface area (Å²) < 4.78 is 1.59. The van der Waals surface area contributed by atoms with Crippen molar-refractivity contribution in [3.05, 3.63) is 33.7 Å². The lowest BCUT2D eigenvalue weighted by Crippen LogP contribution is -2.43. The van der Waals surface area contributed by atoms with Gasteiger partial charge in [-0.25, -0.2) is 4.79 Å². The molecule has 1 saturated heterocycles. The molecule has 1 atom stereocenters. The SMILES string of the molecule is CCCN1CCC(NC(=O)NCc2ccc(C)n(C)c2=O)C1. The number of amides is 2. The van der Waals surface area contributed by atoms with Gasteiger partial charge >= 0.3 is 6.03 Å². The third-order valence-electron chi connectivity index (χ3n) is 4.22. The maximum atomic E-state index is 12.0. The summed E-state index contributed by atoms with van der Waals surface area (Å²) in [4.78, 5) is 26.4. The summed E-state index contributed by atoms with van der Waals surface area (Å²) in [5, 5.41) is 5.76. The van der Waals surface area contributed by atoms with Gasteiger partial charge in [0.25, 0.3) is 5.56 Å². The number of aryl methyl sites for hydroxylation is 1. The predicted octanol–water partition coefficient (Wildman–Crippen LogP) is 0.977. The highest BCUT2D eigenvalue weighted by atomic mass is 16.2. The molecule has 0 aliphatic carbocycles. The highest BCUT2D eigenvalue weighted by molar-refractivity contribution is 5.74. The Hall–Kier alpha value is -1.82. The number of carbonyl (C=O) groups excluding carboxylic acids is 1. The topological polar surface area (TPSA) is 66.4 Å². The lowest BCUT2D eigenvalue weighted by molar-refractivity contribution is 0.236. The van der Waals surface area contributed by atoms with E-state index < -0.39 is 0 Å². The molecular formula is C16H26N4O2. The first kappa shape index (κ1) is 16.5. The summed E-state index contributed by atoms with van der Waals surface area (Å²) in [6, 6.07) is 3.66. The van der Waals surface area contributed by atoms with Crippen molar-refractivity contribution in [3.63, 3.8) is 0 Å². The number of urea groups is 1.